The van der Waals surface area contributed by atoms with Crippen molar-refractivity contribution in [1.82, 2.24) is 4.98 Å². The molecule has 1 heterocycles. The number of ether oxygens (including phenoxy) is 1. The normalized spacial score (nSPS) is 12.1. The van der Waals surface area contributed by atoms with E-state index in [1.165, 1.54) is 13.3 Å². The summed E-state index contributed by atoms with van der Waals surface area (Å²) >= 11 is 0. The summed E-state index contributed by atoms with van der Waals surface area (Å²) in [6.07, 6.45) is 1.66. The van der Waals surface area contributed by atoms with E-state index in [9.17, 15) is 9.59 Å². The van der Waals surface area contributed by atoms with Crippen LogP contribution in [0, 0.1) is 12.3 Å². The lowest BCUT2D eigenvalue weighted by molar-refractivity contribution is -0.143. The van der Waals surface area contributed by atoms with Crippen LogP contribution in [0.5, 0.6) is 0 Å². The number of pyridine rings is 1. The maximum atomic E-state index is 12.0. The molecule has 0 aliphatic heterocycles. The van der Waals surface area contributed by atoms with Gasteiger partial charge in [-0.1, -0.05) is 13.8 Å². The van der Waals surface area contributed by atoms with Crippen LogP contribution in [0.1, 0.15) is 37.9 Å². The molecule has 4 N–H and O–H groups in total. The number of aromatic nitrogens is 1. The Balaban J connectivity index is 2.83. The fraction of sp³-hybridized carbons (Fsp3) is 0.467. The number of nitrogen functional groups attached to an aromatic ring is 1. The largest absolute Gasteiger partial charge is 0.469 e. The highest BCUT2D eigenvalue weighted by Gasteiger charge is 2.26. The van der Waals surface area contributed by atoms with E-state index in [4.69, 9.17) is 11.5 Å². The summed E-state index contributed by atoms with van der Waals surface area (Å²) in [6, 6.07) is 1.70. The number of amides is 1. The first-order chi connectivity index (χ1) is 10.1. The minimum absolute atomic E-state index is 0.0383. The number of aryl methyl sites for hydroxylation is 1. The number of hydrogen-bond donors (Lipinski definition) is 2. The van der Waals surface area contributed by atoms with E-state index < -0.39 is 11.3 Å². The maximum absolute atomic E-state index is 12.0. The molecule has 1 aromatic rings. The lowest BCUT2D eigenvalue weighted by atomic mass is 9.85. The van der Waals surface area contributed by atoms with Crippen LogP contribution in [0.2, 0.25) is 0 Å². The van der Waals surface area contributed by atoms with Crippen LogP contribution in [0.15, 0.2) is 17.3 Å². The molecule has 0 atom stereocenters. The second-order valence-electron chi connectivity index (χ2n) is 5.92. The molecule has 0 bridgehead atoms. The highest BCUT2D eigenvalue weighted by Crippen LogP contribution is 2.26. The Kier molecular flexibility index (Phi) is 5.62. The van der Waals surface area contributed by atoms with Gasteiger partial charge in [-0.2, -0.15) is 4.99 Å². The Morgan fingerprint density at radius 3 is 2.55 bits per heavy atom. The molecule has 0 saturated heterocycles. The lowest BCUT2D eigenvalue weighted by Gasteiger charge is -2.20. The third kappa shape index (κ3) is 5.16. The summed E-state index contributed by atoms with van der Waals surface area (Å²) in [5, 5.41) is 0. The van der Waals surface area contributed by atoms with Gasteiger partial charge in [-0.25, -0.2) is 0 Å². The Morgan fingerprint density at radius 2 is 2.00 bits per heavy atom. The summed E-state index contributed by atoms with van der Waals surface area (Å²) in [4.78, 5) is 31.3. The zero-order valence-corrected chi connectivity index (χ0v) is 13.3. The highest BCUT2D eigenvalue weighted by molar-refractivity contribution is 6.03. The van der Waals surface area contributed by atoms with Crippen molar-refractivity contribution < 1.29 is 14.3 Å². The molecule has 0 aromatic carbocycles. The second-order valence-corrected chi connectivity index (χ2v) is 5.92. The molecule has 120 valence electrons. The number of nitrogens with zero attached hydrogens (tertiary/aromatic N) is 2. The molecular formula is C15H22N4O3. The van der Waals surface area contributed by atoms with Crippen molar-refractivity contribution in [2.24, 2.45) is 16.1 Å². The summed E-state index contributed by atoms with van der Waals surface area (Å²) in [5.41, 5.74) is 12.6. The first kappa shape index (κ1) is 17.6. The average molecular weight is 306 g/mol. The number of nitrogens with two attached hydrogens (primary N) is 2. The molecule has 7 heteroatoms. The standard InChI is InChI=1S/C15H22N4O3/c1-9-5-10(16)8-18-13(9)14(17)19-11(20)6-15(2,3)7-12(21)22-4/h5,8H,6-7,16H2,1-4H3,(H2,17,19,20). The Labute approximate surface area is 129 Å². The van der Waals surface area contributed by atoms with Gasteiger partial charge >= 0.3 is 5.97 Å². The van der Waals surface area contributed by atoms with Crippen molar-refractivity contribution in [2.75, 3.05) is 12.8 Å². The molecule has 0 saturated carbocycles. The quantitative estimate of drug-likeness (QED) is 0.479. The molecule has 0 radical (unpaired) electrons. The minimum atomic E-state index is -0.558. The van der Waals surface area contributed by atoms with E-state index in [2.05, 4.69) is 14.7 Å². The monoisotopic (exact) mass is 306 g/mol. The van der Waals surface area contributed by atoms with Gasteiger partial charge in [0.05, 0.1) is 25.4 Å². The van der Waals surface area contributed by atoms with E-state index in [0.29, 0.717) is 11.4 Å². The number of hydrogen-bond acceptors (Lipinski definition) is 5. The van der Waals surface area contributed by atoms with Crippen molar-refractivity contribution in [3.05, 3.63) is 23.5 Å². The number of methoxy groups -OCH3 is 1. The van der Waals surface area contributed by atoms with Gasteiger partial charge in [0.2, 0.25) is 5.91 Å². The highest BCUT2D eigenvalue weighted by atomic mass is 16.5. The number of carbonyl (C=O) groups is 2. The van der Waals surface area contributed by atoms with Crippen molar-refractivity contribution in [1.29, 1.82) is 0 Å². The van der Waals surface area contributed by atoms with Crippen molar-refractivity contribution in [2.45, 2.75) is 33.6 Å². The van der Waals surface area contributed by atoms with Gasteiger partial charge in [-0.3, -0.25) is 14.6 Å². The zero-order chi connectivity index (χ0) is 16.9. The van der Waals surface area contributed by atoms with Crippen LogP contribution in [-0.4, -0.2) is 29.8 Å². The van der Waals surface area contributed by atoms with Gasteiger partial charge in [0.15, 0.2) is 5.84 Å². The van der Waals surface area contributed by atoms with Gasteiger partial charge in [0.25, 0.3) is 0 Å². The Morgan fingerprint density at radius 1 is 1.36 bits per heavy atom. The topological polar surface area (TPSA) is 121 Å². The molecule has 1 aromatic heterocycles. The smallest absolute Gasteiger partial charge is 0.306 e. The van der Waals surface area contributed by atoms with Crippen LogP contribution in [0.25, 0.3) is 0 Å². The van der Waals surface area contributed by atoms with Crippen LogP contribution < -0.4 is 11.5 Å². The SMILES string of the molecule is COC(=O)CC(C)(C)CC(=O)N=C(N)c1ncc(N)cc1C. The zero-order valence-electron chi connectivity index (χ0n) is 13.3. The molecule has 0 aliphatic carbocycles. The van der Waals surface area contributed by atoms with Gasteiger partial charge in [0, 0.05) is 6.42 Å². The molecule has 0 aliphatic rings. The van der Waals surface area contributed by atoms with E-state index in [1.807, 2.05) is 0 Å². The van der Waals surface area contributed by atoms with Crippen molar-refractivity contribution in [3.63, 3.8) is 0 Å². The third-order valence-corrected chi connectivity index (χ3v) is 3.07. The molecular weight excluding hydrogens is 284 g/mol. The lowest BCUT2D eigenvalue weighted by Crippen LogP contribution is -2.24. The fourth-order valence-electron chi connectivity index (χ4n) is 2.03. The number of aliphatic imine (C=N–C) groups is 1. The van der Waals surface area contributed by atoms with Crippen LogP contribution in [0.3, 0.4) is 0 Å². The Bertz CT molecular complexity index is 609. The van der Waals surface area contributed by atoms with Gasteiger partial charge < -0.3 is 16.2 Å². The first-order valence-corrected chi connectivity index (χ1v) is 6.81. The molecule has 0 unspecified atom stereocenters. The first-order valence-electron chi connectivity index (χ1n) is 6.81. The summed E-state index contributed by atoms with van der Waals surface area (Å²) < 4.78 is 4.61. The third-order valence-electron chi connectivity index (χ3n) is 3.07. The second kappa shape index (κ2) is 7.02. The van der Waals surface area contributed by atoms with E-state index >= 15 is 0 Å². The maximum Gasteiger partial charge on any atom is 0.306 e. The average Bonchev–Trinajstić information content (AvgIpc) is 2.36. The van der Waals surface area contributed by atoms with Crippen LogP contribution in [-0.2, 0) is 14.3 Å². The van der Waals surface area contributed by atoms with Gasteiger partial charge in [-0.15, -0.1) is 0 Å². The molecule has 7 nitrogen and oxygen atoms in total. The predicted octanol–water partition coefficient (Wildman–Crippen LogP) is 1.18. The molecule has 0 fully saturated rings. The van der Waals surface area contributed by atoms with Gasteiger partial charge in [-0.05, 0) is 24.0 Å². The predicted molar refractivity (Wildman–Crippen MR) is 84.1 cm³/mol. The van der Waals surface area contributed by atoms with E-state index in [1.54, 1.807) is 26.8 Å². The molecule has 22 heavy (non-hydrogen) atoms. The number of rotatable bonds is 5. The number of carbonyl (C=O) groups excluding carboxylic acids is 2. The van der Waals surface area contributed by atoms with Crippen molar-refractivity contribution >= 4 is 23.4 Å². The molecule has 0 spiro atoms. The van der Waals surface area contributed by atoms with E-state index in [0.717, 1.165) is 5.56 Å². The summed E-state index contributed by atoms with van der Waals surface area (Å²) in [6.45, 7) is 5.37. The fourth-order valence-corrected chi connectivity index (χ4v) is 2.03. The number of esters is 1. The number of amidine groups is 1. The van der Waals surface area contributed by atoms with E-state index in [-0.39, 0.29) is 24.6 Å². The number of anilines is 1. The molecule has 1 rings (SSSR count). The summed E-state index contributed by atoms with van der Waals surface area (Å²) in [5.74, 6) is -0.744. The van der Waals surface area contributed by atoms with Gasteiger partial charge in [0.1, 0.15) is 5.69 Å². The molecule has 1 amide bonds. The van der Waals surface area contributed by atoms with Crippen LogP contribution >= 0.6 is 0 Å². The van der Waals surface area contributed by atoms with Crippen LogP contribution in [0.4, 0.5) is 5.69 Å². The summed E-state index contributed by atoms with van der Waals surface area (Å²) in [7, 11) is 1.31. The van der Waals surface area contributed by atoms with Crippen molar-refractivity contribution in [3.8, 4) is 0 Å². The minimum Gasteiger partial charge on any atom is -0.469 e. The Hall–Kier alpha value is -2.44.